The Labute approximate surface area is 100.0 Å². The van der Waals surface area contributed by atoms with Gasteiger partial charge in [0.15, 0.2) is 0 Å². The lowest BCUT2D eigenvalue weighted by molar-refractivity contribution is 0.573. The Balaban J connectivity index is 2.68. The molecule has 0 bridgehead atoms. The molecule has 0 fully saturated rings. The third kappa shape index (κ3) is 3.93. The molecular weight excluding hydrogens is 244 g/mol. The van der Waals surface area contributed by atoms with Crippen LogP contribution in [0.1, 0.15) is 30.7 Å². The van der Waals surface area contributed by atoms with Crippen molar-refractivity contribution in [1.29, 1.82) is 5.26 Å². The fraction of sp³-hybridized carbons (Fsp3) is 0.500. The zero-order valence-corrected chi connectivity index (χ0v) is 10.6. The maximum absolute atomic E-state index is 11.6. The van der Waals surface area contributed by atoms with Gasteiger partial charge in [-0.3, -0.25) is 0 Å². The number of unbranched alkanes of at least 4 members (excludes halogenated alkanes) is 1. The third-order valence-electron chi connectivity index (χ3n) is 2.02. The molecule has 1 N–H and O–H groups in total. The molecule has 1 aromatic rings. The van der Waals surface area contributed by atoms with Crippen LogP contribution in [-0.2, 0) is 10.0 Å². The van der Waals surface area contributed by atoms with Crippen LogP contribution in [0.3, 0.4) is 0 Å². The summed E-state index contributed by atoms with van der Waals surface area (Å²) in [7, 11) is -3.35. The van der Waals surface area contributed by atoms with Crippen LogP contribution in [0.4, 0.5) is 0 Å². The van der Waals surface area contributed by atoms with Crippen molar-refractivity contribution in [1.82, 2.24) is 4.72 Å². The highest BCUT2D eigenvalue weighted by molar-refractivity contribution is 7.89. The number of thiophene rings is 1. The number of sulfonamides is 1. The van der Waals surface area contributed by atoms with E-state index >= 15 is 0 Å². The van der Waals surface area contributed by atoms with Crippen molar-refractivity contribution in [3.8, 4) is 6.07 Å². The molecule has 0 aliphatic rings. The van der Waals surface area contributed by atoms with Crippen molar-refractivity contribution >= 4 is 21.4 Å². The monoisotopic (exact) mass is 258 g/mol. The largest absolute Gasteiger partial charge is 0.213 e. The first-order chi connectivity index (χ1) is 7.59. The van der Waals surface area contributed by atoms with E-state index in [2.05, 4.69) is 4.72 Å². The minimum absolute atomic E-state index is 0.0764. The van der Waals surface area contributed by atoms with Crippen molar-refractivity contribution in [3.63, 3.8) is 0 Å². The highest BCUT2D eigenvalue weighted by Gasteiger charge is 2.19. The highest BCUT2D eigenvalue weighted by atomic mass is 32.2. The van der Waals surface area contributed by atoms with Gasteiger partial charge in [0.2, 0.25) is 10.0 Å². The number of nitrogens with one attached hydrogen (secondary N) is 1. The molecule has 0 aliphatic carbocycles. The van der Waals surface area contributed by atoms with Crippen molar-refractivity contribution in [2.45, 2.75) is 25.8 Å². The molecule has 1 unspecified atom stereocenters. The summed E-state index contributed by atoms with van der Waals surface area (Å²) in [5.41, 5.74) is 0. The van der Waals surface area contributed by atoms with E-state index in [4.69, 9.17) is 5.26 Å². The predicted octanol–water partition coefficient (Wildman–Crippen LogP) is 2.03. The molecule has 0 radical (unpaired) electrons. The van der Waals surface area contributed by atoms with Gasteiger partial charge >= 0.3 is 0 Å². The molecule has 1 aromatic heterocycles. The van der Waals surface area contributed by atoms with E-state index in [0.717, 1.165) is 11.3 Å². The molecule has 0 saturated heterocycles. The fourth-order valence-corrected chi connectivity index (χ4v) is 3.30. The Morgan fingerprint density at radius 2 is 2.38 bits per heavy atom. The summed E-state index contributed by atoms with van der Waals surface area (Å²) in [6.45, 7) is 1.93. The summed E-state index contributed by atoms with van der Waals surface area (Å²) in [4.78, 5) is 0.725. The van der Waals surface area contributed by atoms with Crippen LogP contribution in [0.25, 0.3) is 0 Å². The predicted molar refractivity (Wildman–Crippen MR) is 64.5 cm³/mol. The van der Waals surface area contributed by atoms with Gasteiger partial charge in [-0.1, -0.05) is 19.4 Å². The summed E-state index contributed by atoms with van der Waals surface area (Å²) < 4.78 is 25.6. The number of rotatable bonds is 6. The van der Waals surface area contributed by atoms with Crippen molar-refractivity contribution in [2.75, 3.05) is 5.75 Å². The van der Waals surface area contributed by atoms with Crippen LogP contribution in [-0.4, -0.2) is 14.2 Å². The van der Waals surface area contributed by atoms with E-state index in [9.17, 15) is 8.42 Å². The standard InChI is InChI=1S/C10H14N2O2S2/c1-2-3-7-16(13,14)12-9(8-11)10-5-4-6-15-10/h4-6,9,12H,2-3,7H2,1H3. The summed E-state index contributed by atoms with van der Waals surface area (Å²) in [5, 5.41) is 10.7. The lowest BCUT2D eigenvalue weighted by Crippen LogP contribution is -2.29. The first-order valence-electron chi connectivity index (χ1n) is 5.02. The minimum atomic E-state index is -3.35. The Kier molecular flexibility index (Phi) is 4.93. The van der Waals surface area contributed by atoms with E-state index in [1.54, 1.807) is 12.1 Å². The first kappa shape index (κ1) is 13.2. The van der Waals surface area contributed by atoms with Gasteiger partial charge in [-0.25, -0.2) is 8.42 Å². The van der Waals surface area contributed by atoms with Crippen LogP contribution >= 0.6 is 11.3 Å². The molecule has 0 aliphatic heterocycles. The van der Waals surface area contributed by atoms with Crippen molar-refractivity contribution in [2.24, 2.45) is 0 Å². The smallest absolute Gasteiger partial charge is 0.212 e. The van der Waals surface area contributed by atoms with E-state index in [1.165, 1.54) is 11.3 Å². The molecule has 0 amide bonds. The Bertz CT molecular complexity index is 446. The van der Waals surface area contributed by atoms with E-state index in [0.29, 0.717) is 6.42 Å². The molecule has 0 spiro atoms. The molecule has 0 aromatic carbocycles. The van der Waals surface area contributed by atoms with Crippen LogP contribution in [0.5, 0.6) is 0 Å². The topological polar surface area (TPSA) is 70.0 Å². The lowest BCUT2D eigenvalue weighted by atomic mass is 10.3. The van der Waals surface area contributed by atoms with Crippen LogP contribution in [0.15, 0.2) is 17.5 Å². The molecule has 88 valence electrons. The van der Waals surface area contributed by atoms with Crippen molar-refractivity contribution < 1.29 is 8.42 Å². The SMILES string of the molecule is CCCCS(=O)(=O)NC(C#N)c1cccs1. The number of nitriles is 1. The molecule has 6 heteroatoms. The number of hydrogen-bond acceptors (Lipinski definition) is 4. The summed E-state index contributed by atoms with van der Waals surface area (Å²) in [6.07, 6.45) is 1.43. The van der Waals surface area contributed by atoms with Gasteiger partial charge < -0.3 is 0 Å². The summed E-state index contributed by atoms with van der Waals surface area (Å²) in [5.74, 6) is 0.0764. The molecule has 1 heterocycles. The normalized spacial score (nSPS) is 13.2. The van der Waals surface area contributed by atoms with Gasteiger partial charge in [0.05, 0.1) is 11.8 Å². The van der Waals surface area contributed by atoms with Crippen LogP contribution < -0.4 is 4.72 Å². The average molecular weight is 258 g/mol. The molecule has 4 nitrogen and oxygen atoms in total. The van der Waals surface area contributed by atoms with Gasteiger partial charge in [-0.2, -0.15) is 9.98 Å². The molecule has 1 rings (SSSR count). The average Bonchev–Trinajstić information content (AvgIpc) is 2.76. The molecule has 1 atom stereocenters. The van der Waals surface area contributed by atoms with E-state index in [1.807, 2.05) is 18.4 Å². The van der Waals surface area contributed by atoms with Crippen LogP contribution in [0, 0.1) is 11.3 Å². The Morgan fingerprint density at radius 1 is 1.62 bits per heavy atom. The third-order valence-corrected chi connectivity index (χ3v) is 4.38. The van der Waals surface area contributed by atoms with Gasteiger partial charge in [0, 0.05) is 4.88 Å². The molecule has 16 heavy (non-hydrogen) atoms. The lowest BCUT2D eigenvalue weighted by Gasteiger charge is -2.09. The van der Waals surface area contributed by atoms with Gasteiger partial charge in [-0.05, 0) is 17.9 Å². The minimum Gasteiger partial charge on any atom is -0.212 e. The quantitative estimate of drug-likeness (QED) is 0.848. The zero-order chi connectivity index (χ0) is 12.0. The number of hydrogen-bond donors (Lipinski definition) is 1. The zero-order valence-electron chi connectivity index (χ0n) is 9.01. The molecule has 0 saturated carbocycles. The second-order valence-electron chi connectivity index (χ2n) is 3.37. The van der Waals surface area contributed by atoms with Gasteiger partial charge in [0.1, 0.15) is 6.04 Å². The number of nitrogens with zero attached hydrogens (tertiary/aromatic N) is 1. The molecular formula is C10H14N2O2S2. The second-order valence-corrected chi connectivity index (χ2v) is 6.22. The van der Waals surface area contributed by atoms with Gasteiger partial charge in [-0.15, -0.1) is 11.3 Å². The second kappa shape index (κ2) is 5.99. The fourth-order valence-electron chi connectivity index (χ4n) is 1.18. The van der Waals surface area contributed by atoms with E-state index < -0.39 is 16.1 Å². The highest BCUT2D eigenvalue weighted by Crippen LogP contribution is 2.19. The van der Waals surface area contributed by atoms with E-state index in [-0.39, 0.29) is 5.75 Å². The summed E-state index contributed by atoms with van der Waals surface area (Å²) in [6, 6.07) is 4.74. The maximum atomic E-state index is 11.6. The van der Waals surface area contributed by atoms with Crippen LogP contribution in [0.2, 0.25) is 0 Å². The summed E-state index contributed by atoms with van der Waals surface area (Å²) >= 11 is 1.37. The Hall–Kier alpha value is -0.900. The Morgan fingerprint density at radius 3 is 2.88 bits per heavy atom. The van der Waals surface area contributed by atoms with Crippen molar-refractivity contribution in [3.05, 3.63) is 22.4 Å². The van der Waals surface area contributed by atoms with Gasteiger partial charge in [0.25, 0.3) is 0 Å². The maximum Gasteiger partial charge on any atom is 0.213 e. The first-order valence-corrected chi connectivity index (χ1v) is 7.55.